The standard InChI is InChI=1S/C27H38O4/c1-4-9-22(11-8-15-27(30,5-2)6-3)23-10-7-12-26(17-23)31-20-21-13-14-24(18-28)25(16-21)19-29/h7,10-14,16-17,28-30H,4-6,8-9,15,18-20H2,1-3H3. The molecule has 0 saturated carbocycles. The van der Waals surface area contributed by atoms with Crippen molar-refractivity contribution >= 4 is 5.57 Å². The molecule has 0 amide bonds. The maximum atomic E-state index is 10.6. The van der Waals surface area contributed by atoms with Crippen LogP contribution in [0.15, 0.2) is 48.5 Å². The SMILES string of the molecule is CCCC(=CCCC(O)(CC)CC)c1cccc(OCc2ccc(CO)c(CO)c2)c1. The van der Waals surface area contributed by atoms with Crippen molar-refractivity contribution in [3.05, 3.63) is 70.8 Å². The molecule has 170 valence electrons. The molecule has 0 fully saturated rings. The molecule has 0 unspecified atom stereocenters. The van der Waals surface area contributed by atoms with E-state index in [1.807, 2.05) is 44.2 Å². The average molecular weight is 427 g/mol. The van der Waals surface area contributed by atoms with E-state index in [9.17, 15) is 15.3 Å². The van der Waals surface area contributed by atoms with E-state index in [0.29, 0.717) is 6.61 Å². The summed E-state index contributed by atoms with van der Waals surface area (Å²) in [5.41, 5.74) is 4.29. The topological polar surface area (TPSA) is 69.9 Å². The lowest BCUT2D eigenvalue weighted by Crippen LogP contribution is -2.25. The van der Waals surface area contributed by atoms with Crippen LogP contribution in [0.2, 0.25) is 0 Å². The van der Waals surface area contributed by atoms with Crippen molar-refractivity contribution in [3.8, 4) is 5.75 Å². The number of hydrogen-bond donors (Lipinski definition) is 3. The fourth-order valence-corrected chi connectivity index (χ4v) is 3.77. The van der Waals surface area contributed by atoms with Crippen molar-refractivity contribution in [1.29, 1.82) is 0 Å². The fraction of sp³-hybridized carbons (Fsp3) is 0.481. The predicted molar refractivity (Wildman–Crippen MR) is 127 cm³/mol. The lowest BCUT2D eigenvalue weighted by Gasteiger charge is -2.24. The first kappa shape index (κ1) is 25.1. The van der Waals surface area contributed by atoms with Crippen LogP contribution in [-0.2, 0) is 19.8 Å². The molecule has 2 aromatic carbocycles. The molecule has 0 aliphatic carbocycles. The van der Waals surface area contributed by atoms with Gasteiger partial charge in [-0.3, -0.25) is 0 Å². The summed E-state index contributed by atoms with van der Waals surface area (Å²) in [7, 11) is 0. The van der Waals surface area contributed by atoms with Crippen molar-refractivity contribution in [1.82, 2.24) is 0 Å². The zero-order valence-corrected chi connectivity index (χ0v) is 19.2. The Bertz CT molecular complexity index is 837. The van der Waals surface area contributed by atoms with Gasteiger partial charge in [-0.15, -0.1) is 0 Å². The average Bonchev–Trinajstić information content (AvgIpc) is 2.82. The second-order valence-corrected chi connectivity index (χ2v) is 8.19. The van der Waals surface area contributed by atoms with Crippen molar-refractivity contribution in [3.63, 3.8) is 0 Å². The van der Waals surface area contributed by atoms with E-state index in [-0.39, 0.29) is 13.2 Å². The molecule has 0 aliphatic rings. The number of benzene rings is 2. The smallest absolute Gasteiger partial charge is 0.120 e. The molecule has 0 heterocycles. The molecule has 0 spiro atoms. The highest BCUT2D eigenvalue weighted by atomic mass is 16.5. The highest BCUT2D eigenvalue weighted by Gasteiger charge is 2.20. The molecule has 0 aromatic heterocycles. The summed E-state index contributed by atoms with van der Waals surface area (Å²) in [5.74, 6) is 0.801. The fourth-order valence-electron chi connectivity index (χ4n) is 3.77. The van der Waals surface area contributed by atoms with Crippen LogP contribution >= 0.6 is 0 Å². The minimum atomic E-state index is -0.572. The quantitative estimate of drug-likeness (QED) is 0.380. The molecular weight excluding hydrogens is 388 g/mol. The monoisotopic (exact) mass is 426 g/mol. The number of allylic oxidation sites excluding steroid dienone is 2. The zero-order valence-electron chi connectivity index (χ0n) is 19.2. The lowest BCUT2D eigenvalue weighted by atomic mass is 9.90. The number of ether oxygens (including phenoxy) is 1. The van der Waals surface area contributed by atoms with Crippen LogP contribution in [0.3, 0.4) is 0 Å². The molecule has 0 aliphatic heterocycles. The first-order chi connectivity index (χ1) is 15.0. The Hall–Kier alpha value is -2.14. The largest absolute Gasteiger partial charge is 0.489 e. The van der Waals surface area contributed by atoms with Gasteiger partial charge in [-0.25, -0.2) is 0 Å². The lowest BCUT2D eigenvalue weighted by molar-refractivity contribution is 0.0246. The van der Waals surface area contributed by atoms with E-state index >= 15 is 0 Å². The molecule has 0 bridgehead atoms. The zero-order chi connectivity index (χ0) is 22.7. The summed E-state index contributed by atoms with van der Waals surface area (Å²) in [4.78, 5) is 0. The summed E-state index contributed by atoms with van der Waals surface area (Å²) in [6.07, 6.45) is 7.51. The van der Waals surface area contributed by atoms with Crippen molar-refractivity contribution < 1.29 is 20.1 Å². The molecule has 0 radical (unpaired) electrons. The van der Waals surface area contributed by atoms with Crippen LogP contribution in [0.4, 0.5) is 0 Å². The summed E-state index contributed by atoms with van der Waals surface area (Å²) in [5, 5.41) is 29.4. The van der Waals surface area contributed by atoms with E-state index in [1.54, 1.807) is 0 Å². The Kier molecular flexibility index (Phi) is 10.3. The summed E-state index contributed by atoms with van der Waals surface area (Å²) < 4.78 is 6.02. The number of aliphatic hydroxyl groups excluding tert-OH is 2. The summed E-state index contributed by atoms with van der Waals surface area (Å²) in [6, 6.07) is 13.8. The molecular formula is C27H38O4. The Labute approximate surface area is 187 Å². The van der Waals surface area contributed by atoms with Gasteiger partial charge in [-0.2, -0.15) is 0 Å². The van der Waals surface area contributed by atoms with Gasteiger partial charge in [-0.1, -0.05) is 57.5 Å². The number of aliphatic hydroxyl groups is 3. The normalized spacial score (nSPS) is 12.3. The van der Waals surface area contributed by atoms with Gasteiger partial charge in [-0.05, 0) is 78.1 Å². The van der Waals surface area contributed by atoms with Crippen molar-refractivity contribution in [2.24, 2.45) is 0 Å². The number of rotatable bonds is 13. The van der Waals surface area contributed by atoms with Crippen molar-refractivity contribution in [2.45, 2.75) is 84.7 Å². The van der Waals surface area contributed by atoms with Crippen LogP contribution in [0.25, 0.3) is 5.57 Å². The van der Waals surface area contributed by atoms with Crippen LogP contribution in [-0.4, -0.2) is 20.9 Å². The highest BCUT2D eigenvalue weighted by molar-refractivity contribution is 5.66. The van der Waals surface area contributed by atoms with Gasteiger partial charge in [0.1, 0.15) is 12.4 Å². The molecule has 2 rings (SSSR count). The van der Waals surface area contributed by atoms with E-state index in [4.69, 9.17) is 4.74 Å². The third kappa shape index (κ3) is 7.49. The number of hydrogen-bond acceptors (Lipinski definition) is 4. The maximum absolute atomic E-state index is 10.6. The maximum Gasteiger partial charge on any atom is 0.120 e. The second kappa shape index (κ2) is 12.7. The minimum Gasteiger partial charge on any atom is -0.489 e. The van der Waals surface area contributed by atoms with Crippen LogP contribution in [0.1, 0.15) is 81.5 Å². The Balaban J connectivity index is 2.10. The third-order valence-corrected chi connectivity index (χ3v) is 6.06. The predicted octanol–water partition coefficient (Wildman–Crippen LogP) is 5.77. The first-order valence-corrected chi connectivity index (χ1v) is 11.5. The Morgan fingerprint density at radius 1 is 0.968 bits per heavy atom. The third-order valence-electron chi connectivity index (χ3n) is 6.06. The molecule has 4 heteroatoms. The van der Waals surface area contributed by atoms with E-state index < -0.39 is 5.60 Å². The van der Waals surface area contributed by atoms with E-state index in [2.05, 4.69) is 25.1 Å². The van der Waals surface area contributed by atoms with Crippen molar-refractivity contribution in [2.75, 3.05) is 0 Å². The molecule has 4 nitrogen and oxygen atoms in total. The van der Waals surface area contributed by atoms with Gasteiger partial charge >= 0.3 is 0 Å². The van der Waals surface area contributed by atoms with Gasteiger partial charge in [0.05, 0.1) is 18.8 Å². The molecule has 2 aromatic rings. The molecule has 0 atom stereocenters. The first-order valence-electron chi connectivity index (χ1n) is 11.5. The Morgan fingerprint density at radius 3 is 2.35 bits per heavy atom. The molecule has 3 N–H and O–H groups in total. The minimum absolute atomic E-state index is 0.0838. The van der Waals surface area contributed by atoms with Gasteiger partial charge in [0.15, 0.2) is 0 Å². The second-order valence-electron chi connectivity index (χ2n) is 8.19. The summed E-state index contributed by atoms with van der Waals surface area (Å²) in [6.45, 7) is 6.48. The van der Waals surface area contributed by atoms with Gasteiger partial charge in [0, 0.05) is 0 Å². The van der Waals surface area contributed by atoms with Crippen LogP contribution in [0, 0.1) is 0 Å². The van der Waals surface area contributed by atoms with Gasteiger partial charge in [0.2, 0.25) is 0 Å². The van der Waals surface area contributed by atoms with Gasteiger partial charge < -0.3 is 20.1 Å². The van der Waals surface area contributed by atoms with Gasteiger partial charge in [0.25, 0.3) is 0 Å². The summed E-state index contributed by atoms with van der Waals surface area (Å²) >= 11 is 0. The van der Waals surface area contributed by atoms with Crippen LogP contribution < -0.4 is 4.74 Å². The molecule has 0 saturated heterocycles. The van der Waals surface area contributed by atoms with Crippen LogP contribution in [0.5, 0.6) is 5.75 Å². The highest BCUT2D eigenvalue weighted by Crippen LogP contribution is 2.27. The van der Waals surface area contributed by atoms with E-state index in [1.165, 1.54) is 5.57 Å². The molecule has 31 heavy (non-hydrogen) atoms. The Morgan fingerprint density at radius 2 is 1.71 bits per heavy atom. The van der Waals surface area contributed by atoms with E-state index in [0.717, 1.165) is 66.5 Å².